The fourth-order valence-electron chi connectivity index (χ4n) is 0.446. The van der Waals surface area contributed by atoms with E-state index in [9.17, 15) is 13.2 Å². The van der Waals surface area contributed by atoms with Crippen LogP contribution < -0.4 is 4.72 Å². The van der Waals surface area contributed by atoms with Crippen molar-refractivity contribution in [1.82, 2.24) is 4.72 Å². The summed E-state index contributed by atoms with van der Waals surface area (Å²) in [7, 11) is -3.77. The van der Waals surface area contributed by atoms with Crippen molar-refractivity contribution in [2.24, 2.45) is 0 Å². The summed E-state index contributed by atoms with van der Waals surface area (Å²) < 4.78 is 23.3. The van der Waals surface area contributed by atoms with Crippen molar-refractivity contribution in [3.05, 3.63) is 0 Å². The van der Waals surface area contributed by atoms with Gasteiger partial charge in [0.15, 0.2) is 5.75 Å². The molecule has 68 valence electrons. The lowest BCUT2D eigenvalue weighted by Crippen LogP contribution is -2.39. The zero-order valence-electron chi connectivity index (χ0n) is 6.31. The highest BCUT2D eigenvalue weighted by Gasteiger charge is 2.18. The van der Waals surface area contributed by atoms with E-state index in [1.165, 1.54) is 13.0 Å². The molecule has 6 nitrogen and oxygen atoms in total. The summed E-state index contributed by atoms with van der Waals surface area (Å²) in [5.41, 5.74) is 0. The average molecular weight is 192 g/mol. The predicted octanol–water partition coefficient (Wildman–Crippen LogP) is -1.10. The van der Waals surface area contributed by atoms with Crippen molar-refractivity contribution in [3.8, 4) is 6.07 Å². The van der Waals surface area contributed by atoms with Crippen LogP contribution in [0.25, 0.3) is 0 Å². The molecule has 0 aliphatic rings. The molecular formula is C5H8N2O4S. The van der Waals surface area contributed by atoms with Crippen LogP contribution >= 0.6 is 0 Å². The molecule has 0 aliphatic carbocycles. The zero-order valence-corrected chi connectivity index (χ0v) is 7.13. The normalized spacial score (nSPS) is 13.3. The minimum absolute atomic E-state index is 0.732. The molecule has 2 N–H and O–H groups in total. The Bertz CT molecular complexity index is 302. The van der Waals surface area contributed by atoms with E-state index < -0.39 is 27.8 Å². The second-order valence-electron chi connectivity index (χ2n) is 2.09. The monoisotopic (exact) mass is 192 g/mol. The number of carbonyl (C=O) groups is 1. The van der Waals surface area contributed by atoms with Gasteiger partial charge in [-0.3, -0.25) is 4.79 Å². The van der Waals surface area contributed by atoms with Crippen LogP contribution in [0.4, 0.5) is 0 Å². The van der Waals surface area contributed by atoms with E-state index in [1.54, 1.807) is 4.72 Å². The predicted molar refractivity (Wildman–Crippen MR) is 39.6 cm³/mol. The molecular weight excluding hydrogens is 184 g/mol. The maximum Gasteiger partial charge on any atom is 0.321 e. The third-order valence-corrected chi connectivity index (χ3v) is 2.20. The van der Waals surface area contributed by atoms with Gasteiger partial charge in [-0.05, 0) is 6.92 Å². The highest BCUT2D eigenvalue weighted by molar-refractivity contribution is 7.89. The van der Waals surface area contributed by atoms with Gasteiger partial charge in [-0.2, -0.15) is 5.26 Å². The number of sulfonamides is 1. The Hall–Kier alpha value is -1.13. The number of hydrogen-bond donors (Lipinski definition) is 2. The number of carboxylic acids is 1. The van der Waals surface area contributed by atoms with Gasteiger partial charge in [0.05, 0.1) is 6.07 Å². The minimum atomic E-state index is -3.77. The van der Waals surface area contributed by atoms with Crippen molar-refractivity contribution in [1.29, 1.82) is 5.26 Å². The summed E-state index contributed by atoms with van der Waals surface area (Å²) in [6, 6.07) is 0.204. The van der Waals surface area contributed by atoms with Crippen molar-refractivity contribution >= 4 is 16.0 Å². The highest BCUT2D eigenvalue weighted by Crippen LogP contribution is 1.88. The third-order valence-electron chi connectivity index (χ3n) is 0.981. The molecule has 0 saturated heterocycles. The van der Waals surface area contributed by atoms with E-state index in [0.29, 0.717) is 0 Å². The van der Waals surface area contributed by atoms with Crippen LogP contribution in [-0.4, -0.2) is 31.3 Å². The molecule has 0 amide bonds. The van der Waals surface area contributed by atoms with Crippen molar-refractivity contribution in [2.75, 3.05) is 5.75 Å². The molecule has 0 fully saturated rings. The van der Waals surface area contributed by atoms with E-state index in [1.807, 2.05) is 0 Å². The lowest BCUT2D eigenvalue weighted by atomic mass is 10.4. The molecule has 1 atom stereocenters. The third kappa shape index (κ3) is 3.90. The molecule has 0 aromatic carbocycles. The van der Waals surface area contributed by atoms with Crippen molar-refractivity contribution in [2.45, 2.75) is 13.0 Å². The summed E-state index contributed by atoms with van der Waals surface area (Å²) in [5.74, 6) is -2.01. The number of nitrogens with zero attached hydrogens (tertiary/aromatic N) is 1. The summed E-state index contributed by atoms with van der Waals surface area (Å²) in [6.45, 7) is 1.18. The van der Waals surface area contributed by atoms with Crippen LogP contribution in [-0.2, 0) is 14.8 Å². The lowest BCUT2D eigenvalue weighted by Gasteiger charge is -2.06. The lowest BCUT2D eigenvalue weighted by molar-refractivity contribution is -0.138. The molecule has 0 spiro atoms. The first-order valence-electron chi connectivity index (χ1n) is 2.99. The topological polar surface area (TPSA) is 107 Å². The molecule has 0 aromatic heterocycles. The smallest absolute Gasteiger partial charge is 0.321 e. The highest BCUT2D eigenvalue weighted by atomic mass is 32.2. The molecule has 0 heterocycles. The molecule has 7 heteroatoms. The number of aliphatic carboxylic acids is 1. The standard InChI is InChI=1S/C5H8N2O4S/c1-4(5(8)9)7-12(10,11)3-2-6/h4,7H,3H2,1H3,(H,8,9)/t4-/m0/s1. The minimum Gasteiger partial charge on any atom is -0.480 e. The quantitative estimate of drug-likeness (QED) is 0.588. The van der Waals surface area contributed by atoms with Crippen LogP contribution in [0.1, 0.15) is 6.92 Å². The summed E-state index contributed by atoms with van der Waals surface area (Å²) >= 11 is 0. The van der Waals surface area contributed by atoms with Crippen LogP contribution in [0.5, 0.6) is 0 Å². The number of carboxylic acid groups (broad SMARTS) is 1. The summed E-state index contributed by atoms with van der Waals surface area (Å²) in [6.07, 6.45) is 0. The Balaban J connectivity index is 4.28. The zero-order chi connectivity index (χ0) is 9.78. The molecule has 0 rings (SSSR count). The van der Waals surface area contributed by atoms with Gasteiger partial charge in [-0.15, -0.1) is 0 Å². The van der Waals surface area contributed by atoms with E-state index >= 15 is 0 Å². The van der Waals surface area contributed by atoms with Crippen molar-refractivity contribution < 1.29 is 18.3 Å². The van der Waals surface area contributed by atoms with E-state index in [-0.39, 0.29) is 0 Å². The SMILES string of the molecule is C[C@H](NS(=O)(=O)CC#N)C(=O)O. The second kappa shape index (κ2) is 4.04. The molecule has 0 saturated carbocycles. The summed E-state index contributed by atoms with van der Waals surface area (Å²) in [4.78, 5) is 10.2. The van der Waals surface area contributed by atoms with Crippen molar-refractivity contribution in [3.63, 3.8) is 0 Å². The van der Waals surface area contributed by atoms with E-state index in [4.69, 9.17) is 10.4 Å². The van der Waals surface area contributed by atoms with Gasteiger partial charge in [0.25, 0.3) is 0 Å². The molecule has 0 aliphatic heterocycles. The maximum atomic E-state index is 10.7. The first-order chi connectivity index (χ1) is 5.39. The Morgan fingerprint density at radius 1 is 1.75 bits per heavy atom. The fourth-order valence-corrected chi connectivity index (χ4v) is 1.34. The van der Waals surface area contributed by atoms with Gasteiger partial charge >= 0.3 is 5.97 Å². The Kier molecular flexibility index (Phi) is 3.66. The largest absolute Gasteiger partial charge is 0.480 e. The average Bonchev–Trinajstić information content (AvgIpc) is 1.85. The molecule has 12 heavy (non-hydrogen) atoms. The molecule has 0 bridgehead atoms. The first-order valence-corrected chi connectivity index (χ1v) is 4.64. The van der Waals surface area contributed by atoms with E-state index in [0.717, 1.165) is 0 Å². The van der Waals surface area contributed by atoms with Gasteiger partial charge < -0.3 is 5.11 Å². The number of nitrogens with one attached hydrogen (secondary N) is 1. The van der Waals surface area contributed by atoms with Crippen LogP contribution in [0, 0.1) is 11.3 Å². The first kappa shape index (κ1) is 10.9. The molecule has 0 aromatic rings. The number of rotatable bonds is 4. The van der Waals surface area contributed by atoms with Gasteiger partial charge in [0.2, 0.25) is 10.0 Å². The van der Waals surface area contributed by atoms with E-state index in [2.05, 4.69) is 0 Å². The molecule has 0 radical (unpaired) electrons. The number of hydrogen-bond acceptors (Lipinski definition) is 4. The number of nitriles is 1. The Labute approximate surface area is 69.9 Å². The second-order valence-corrected chi connectivity index (χ2v) is 3.85. The van der Waals surface area contributed by atoms with Crippen LogP contribution in [0.15, 0.2) is 0 Å². The van der Waals surface area contributed by atoms with Gasteiger partial charge in [-0.25, -0.2) is 13.1 Å². The Morgan fingerprint density at radius 2 is 2.25 bits per heavy atom. The molecule has 0 unspecified atom stereocenters. The van der Waals surface area contributed by atoms with Gasteiger partial charge in [0, 0.05) is 0 Å². The fraction of sp³-hybridized carbons (Fsp3) is 0.600. The van der Waals surface area contributed by atoms with Gasteiger partial charge in [0.1, 0.15) is 6.04 Å². The van der Waals surface area contributed by atoms with Gasteiger partial charge in [-0.1, -0.05) is 0 Å². The van der Waals surface area contributed by atoms with Crippen LogP contribution in [0.3, 0.4) is 0 Å². The summed E-state index contributed by atoms with van der Waals surface area (Å²) in [5, 5.41) is 16.3. The Morgan fingerprint density at radius 3 is 2.58 bits per heavy atom. The van der Waals surface area contributed by atoms with Crippen LogP contribution in [0.2, 0.25) is 0 Å². The maximum absolute atomic E-state index is 10.7.